The van der Waals surface area contributed by atoms with Crippen molar-refractivity contribution < 1.29 is 18.0 Å². The SMILES string of the molecule is CCNc1ccc(C#N)cc1N=C1SC(=C2Sc3ccc(C(F)(F)F)cc3N2C)C(=O)N1Cc1ccccc1. The van der Waals surface area contributed by atoms with Crippen molar-refractivity contribution in [3.63, 3.8) is 0 Å². The number of anilines is 2. The number of nitrogens with zero attached hydrogens (tertiary/aromatic N) is 4. The molecule has 1 saturated heterocycles. The molecule has 3 aromatic rings. The predicted molar refractivity (Wildman–Crippen MR) is 150 cm³/mol. The van der Waals surface area contributed by atoms with Gasteiger partial charge in [0.05, 0.1) is 45.8 Å². The number of amidine groups is 1. The number of aliphatic imine (C=N–C) groups is 1. The van der Waals surface area contributed by atoms with Gasteiger partial charge < -0.3 is 10.2 Å². The van der Waals surface area contributed by atoms with Crippen LogP contribution in [0.2, 0.25) is 0 Å². The molecule has 5 rings (SSSR count). The number of fused-ring (bicyclic) bond motifs is 1. The molecule has 11 heteroatoms. The van der Waals surface area contributed by atoms with Crippen LogP contribution in [0.15, 0.2) is 86.6 Å². The monoisotopic (exact) mass is 565 g/mol. The summed E-state index contributed by atoms with van der Waals surface area (Å²) >= 11 is 2.43. The van der Waals surface area contributed by atoms with Crippen LogP contribution in [-0.4, -0.2) is 29.6 Å². The van der Waals surface area contributed by atoms with Crippen LogP contribution >= 0.6 is 23.5 Å². The summed E-state index contributed by atoms with van der Waals surface area (Å²) in [5, 5.41) is 13.6. The van der Waals surface area contributed by atoms with Crippen molar-refractivity contribution >= 4 is 51.7 Å². The Morgan fingerprint density at radius 1 is 1.05 bits per heavy atom. The number of nitriles is 1. The molecule has 0 bridgehead atoms. The van der Waals surface area contributed by atoms with Crippen molar-refractivity contribution in [1.82, 2.24) is 4.90 Å². The standard InChI is InChI=1S/C28H22F3N5OS2/c1-3-33-20-11-9-18(15-32)13-21(20)34-27-36(16-17-7-5-4-6-8-17)25(37)24(39-27)26-35(2)22-14-19(28(29,30)31)10-12-23(22)38-26/h4-14,33H,3,16H2,1-2H3. The fourth-order valence-corrected chi connectivity index (χ4v) is 6.50. The molecule has 39 heavy (non-hydrogen) atoms. The number of amides is 1. The minimum absolute atomic E-state index is 0.260. The maximum Gasteiger partial charge on any atom is 0.416 e. The van der Waals surface area contributed by atoms with Gasteiger partial charge in [-0.2, -0.15) is 18.4 Å². The van der Waals surface area contributed by atoms with E-state index in [1.54, 1.807) is 35.0 Å². The molecular formula is C28H22F3N5OS2. The lowest BCUT2D eigenvalue weighted by atomic mass is 10.2. The lowest BCUT2D eigenvalue weighted by Gasteiger charge is -2.17. The van der Waals surface area contributed by atoms with Crippen LogP contribution in [0.4, 0.5) is 30.2 Å². The molecule has 1 amide bonds. The smallest absolute Gasteiger partial charge is 0.384 e. The van der Waals surface area contributed by atoms with Crippen LogP contribution in [0.3, 0.4) is 0 Å². The first-order valence-electron chi connectivity index (χ1n) is 12.0. The van der Waals surface area contributed by atoms with E-state index in [4.69, 9.17) is 4.99 Å². The van der Waals surface area contributed by atoms with Gasteiger partial charge in [0, 0.05) is 18.5 Å². The van der Waals surface area contributed by atoms with E-state index in [2.05, 4.69) is 11.4 Å². The predicted octanol–water partition coefficient (Wildman–Crippen LogP) is 7.18. The maximum atomic E-state index is 13.8. The van der Waals surface area contributed by atoms with Crippen LogP contribution in [0.25, 0.3) is 0 Å². The molecule has 2 aliphatic heterocycles. The van der Waals surface area contributed by atoms with E-state index in [9.17, 15) is 23.2 Å². The van der Waals surface area contributed by atoms with E-state index < -0.39 is 11.7 Å². The van der Waals surface area contributed by atoms with E-state index in [1.807, 2.05) is 37.3 Å². The third kappa shape index (κ3) is 5.35. The summed E-state index contributed by atoms with van der Waals surface area (Å²) in [5.41, 5.74) is 2.21. The average Bonchev–Trinajstić information content (AvgIpc) is 3.41. The van der Waals surface area contributed by atoms with Gasteiger partial charge in [-0.3, -0.25) is 9.69 Å². The normalized spacial score (nSPS) is 18.1. The van der Waals surface area contributed by atoms with Crippen LogP contribution in [0.1, 0.15) is 23.6 Å². The second-order valence-corrected chi connectivity index (χ2v) is 10.7. The number of carbonyl (C=O) groups is 1. The molecule has 1 fully saturated rings. The van der Waals surface area contributed by atoms with Crippen LogP contribution in [0.5, 0.6) is 0 Å². The van der Waals surface area contributed by atoms with Gasteiger partial charge in [0.2, 0.25) is 0 Å². The second-order valence-electron chi connectivity index (χ2n) is 8.72. The van der Waals surface area contributed by atoms with Crippen molar-refractivity contribution in [3.8, 4) is 6.07 Å². The van der Waals surface area contributed by atoms with Gasteiger partial charge in [-0.05, 0) is 60.6 Å². The number of carbonyl (C=O) groups excluding carboxylic acids is 1. The highest BCUT2D eigenvalue weighted by Crippen LogP contribution is 2.51. The van der Waals surface area contributed by atoms with Gasteiger partial charge in [-0.15, -0.1) is 0 Å². The van der Waals surface area contributed by atoms with E-state index >= 15 is 0 Å². The molecule has 2 aliphatic rings. The molecular weight excluding hydrogens is 543 g/mol. The highest BCUT2D eigenvalue weighted by Gasteiger charge is 2.40. The third-order valence-corrected chi connectivity index (χ3v) is 8.54. The first kappa shape index (κ1) is 26.7. The van der Waals surface area contributed by atoms with Crippen molar-refractivity contribution in [1.29, 1.82) is 5.26 Å². The van der Waals surface area contributed by atoms with Gasteiger partial charge in [0.25, 0.3) is 5.91 Å². The maximum absolute atomic E-state index is 13.8. The number of nitrogens with one attached hydrogen (secondary N) is 1. The van der Waals surface area contributed by atoms with Crippen molar-refractivity contribution in [3.05, 3.63) is 93.4 Å². The number of rotatable bonds is 5. The van der Waals surface area contributed by atoms with Gasteiger partial charge in [-0.1, -0.05) is 42.1 Å². The highest BCUT2D eigenvalue weighted by molar-refractivity contribution is 8.19. The Labute approximate surface area is 232 Å². The summed E-state index contributed by atoms with van der Waals surface area (Å²) < 4.78 is 40.1. The summed E-state index contributed by atoms with van der Waals surface area (Å²) in [6, 6.07) is 20.3. The number of hydrogen-bond acceptors (Lipinski definition) is 7. The topological polar surface area (TPSA) is 71.7 Å². The molecule has 1 N–H and O–H groups in total. The number of thioether (sulfide) groups is 2. The lowest BCUT2D eigenvalue weighted by Crippen LogP contribution is -2.29. The Kier molecular flexibility index (Phi) is 7.34. The minimum atomic E-state index is -4.47. The molecule has 0 radical (unpaired) electrons. The number of halogens is 3. The molecule has 0 aromatic heterocycles. The molecule has 0 unspecified atom stereocenters. The van der Waals surface area contributed by atoms with Crippen molar-refractivity contribution in [2.24, 2.45) is 4.99 Å². The first-order chi connectivity index (χ1) is 18.7. The average molecular weight is 566 g/mol. The Morgan fingerprint density at radius 3 is 2.51 bits per heavy atom. The van der Waals surface area contributed by atoms with Crippen LogP contribution in [-0.2, 0) is 17.5 Å². The van der Waals surface area contributed by atoms with Crippen molar-refractivity contribution in [2.45, 2.75) is 24.5 Å². The van der Waals surface area contributed by atoms with E-state index in [-0.39, 0.29) is 12.5 Å². The molecule has 0 atom stereocenters. The second kappa shape index (κ2) is 10.7. The molecule has 198 valence electrons. The van der Waals surface area contributed by atoms with E-state index in [0.29, 0.717) is 43.5 Å². The van der Waals surface area contributed by atoms with Crippen LogP contribution in [0, 0.1) is 11.3 Å². The molecule has 0 saturated carbocycles. The van der Waals surface area contributed by atoms with E-state index in [1.165, 1.54) is 29.6 Å². The fourth-order valence-electron chi connectivity index (χ4n) is 4.18. The molecule has 0 aliphatic carbocycles. The zero-order chi connectivity index (χ0) is 27.7. The highest BCUT2D eigenvalue weighted by atomic mass is 32.2. The molecule has 3 aromatic carbocycles. The summed E-state index contributed by atoms with van der Waals surface area (Å²) in [7, 11) is 1.66. The molecule has 0 spiro atoms. The van der Waals surface area contributed by atoms with Gasteiger partial charge in [0.1, 0.15) is 4.91 Å². The largest absolute Gasteiger partial charge is 0.416 e. The Bertz CT molecular complexity index is 1550. The number of hydrogen-bond donors (Lipinski definition) is 1. The lowest BCUT2D eigenvalue weighted by molar-refractivity contribution is -0.137. The first-order valence-corrected chi connectivity index (χ1v) is 13.6. The Balaban J connectivity index is 1.58. The third-order valence-electron chi connectivity index (χ3n) is 6.11. The van der Waals surface area contributed by atoms with Gasteiger partial charge in [-0.25, -0.2) is 4.99 Å². The summed E-state index contributed by atoms with van der Waals surface area (Å²) in [5.74, 6) is -0.290. The Morgan fingerprint density at radius 2 is 1.82 bits per heavy atom. The summed E-state index contributed by atoms with van der Waals surface area (Å²) in [6.07, 6.45) is -4.47. The Hall–Kier alpha value is -3.88. The molecule has 2 heterocycles. The molecule has 6 nitrogen and oxygen atoms in total. The summed E-state index contributed by atoms with van der Waals surface area (Å²) in [4.78, 5) is 22.9. The summed E-state index contributed by atoms with van der Waals surface area (Å²) in [6.45, 7) is 2.84. The van der Waals surface area contributed by atoms with E-state index in [0.717, 1.165) is 23.4 Å². The number of benzene rings is 3. The fraction of sp³-hybridized carbons (Fsp3) is 0.179. The van der Waals surface area contributed by atoms with Crippen LogP contribution < -0.4 is 10.2 Å². The minimum Gasteiger partial charge on any atom is -0.384 e. The quantitative estimate of drug-likeness (QED) is 0.331. The zero-order valence-electron chi connectivity index (χ0n) is 20.9. The van der Waals surface area contributed by atoms with Gasteiger partial charge in [0.15, 0.2) is 5.17 Å². The number of alkyl halides is 3. The van der Waals surface area contributed by atoms with Gasteiger partial charge >= 0.3 is 6.18 Å². The van der Waals surface area contributed by atoms with Crippen molar-refractivity contribution in [2.75, 3.05) is 23.8 Å². The zero-order valence-corrected chi connectivity index (χ0v) is 22.5.